The number of rotatable bonds is 8. The minimum absolute atomic E-state index is 0.164. The second-order valence-corrected chi connectivity index (χ2v) is 20.7. The van der Waals surface area contributed by atoms with Crippen molar-refractivity contribution in [2.45, 2.75) is 19.3 Å². The number of nitrogens with zero attached hydrogens (tertiary/aromatic N) is 5. The molecule has 74 heavy (non-hydrogen) atoms. The Bertz CT molecular complexity index is 4260. The van der Waals surface area contributed by atoms with E-state index >= 15 is 0 Å². The molecule has 6 heteroatoms. The standard InChI is InChI=1S/C68H45N5S/c1-68(2)61-20-6-5-15-57(61)58-32-31-49(39-62(58)68)67-72-65(45-26-21-43(22-27-45)48-30-23-42-11-3-4-12-47(42)35-48)71-66(73-67)46-28-24-44(25-29-46)55-16-7-18-59-60-19-8-17-56(64(60)74-63(55)59)54-37-52(50-13-9-33-69-40-50)36-53(38-54)51-14-10-34-70-41-51/h3-41H,1-2H3. The number of pyridine rings is 2. The maximum absolute atomic E-state index is 5.26. The van der Waals surface area contributed by atoms with Gasteiger partial charge in [-0.1, -0.05) is 184 Å². The topological polar surface area (TPSA) is 64.5 Å². The molecule has 348 valence electrons. The lowest BCUT2D eigenvalue weighted by molar-refractivity contribution is 0.660. The van der Waals surface area contributed by atoms with E-state index in [0.29, 0.717) is 17.5 Å². The molecule has 13 aromatic rings. The molecular weight excluding hydrogens is 919 g/mol. The molecule has 0 N–H and O–H groups in total. The van der Waals surface area contributed by atoms with Gasteiger partial charge in [0.1, 0.15) is 0 Å². The van der Waals surface area contributed by atoms with Crippen molar-refractivity contribution in [1.29, 1.82) is 0 Å². The van der Waals surface area contributed by atoms with E-state index in [2.05, 4.69) is 224 Å². The Labute approximate surface area is 433 Å². The first-order chi connectivity index (χ1) is 36.4. The van der Waals surface area contributed by atoms with Crippen LogP contribution in [0.15, 0.2) is 237 Å². The average Bonchev–Trinajstić information content (AvgIpc) is 4.00. The first-order valence-electron chi connectivity index (χ1n) is 25.0. The van der Waals surface area contributed by atoms with Crippen molar-refractivity contribution in [1.82, 2.24) is 24.9 Å². The smallest absolute Gasteiger partial charge is 0.164 e. The average molecular weight is 964 g/mol. The monoisotopic (exact) mass is 963 g/mol. The Morgan fingerprint density at radius 2 is 0.811 bits per heavy atom. The molecular formula is C68H45N5S. The second kappa shape index (κ2) is 17.5. The summed E-state index contributed by atoms with van der Waals surface area (Å²) in [5.41, 5.74) is 19.2. The number of aromatic nitrogens is 5. The van der Waals surface area contributed by atoms with E-state index < -0.39 is 0 Å². The van der Waals surface area contributed by atoms with Crippen LogP contribution < -0.4 is 0 Å². The fraction of sp³-hybridized carbons (Fsp3) is 0.0441. The molecule has 0 bridgehead atoms. The van der Waals surface area contributed by atoms with Crippen LogP contribution in [0.4, 0.5) is 0 Å². The van der Waals surface area contributed by atoms with Crippen LogP contribution in [-0.4, -0.2) is 24.9 Å². The van der Waals surface area contributed by atoms with Crippen LogP contribution >= 0.6 is 11.3 Å². The predicted molar refractivity (Wildman–Crippen MR) is 307 cm³/mol. The summed E-state index contributed by atoms with van der Waals surface area (Å²) in [5, 5.41) is 4.93. The van der Waals surface area contributed by atoms with Crippen LogP contribution in [0.2, 0.25) is 0 Å². The number of benzene rings is 9. The first-order valence-corrected chi connectivity index (χ1v) is 25.8. The summed E-state index contributed by atoms with van der Waals surface area (Å²) in [5.74, 6) is 1.90. The molecule has 5 nitrogen and oxygen atoms in total. The SMILES string of the molecule is CC1(C)c2ccccc2-c2ccc(-c3nc(-c4ccc(-c5ccc6ccccc6c5)cc4)nc(-c4ccc(-c5cccc6c5sc5c(-c7cc(-c8cccnc8)cc(-c8cccnc8)c7)cccc56)cc4)n3)cc21. The quantitative estimate of drug-likeness (QED) is 0.152. The van der Waals surface area contributed by atoms with Gasteiger partial charge in [-0.15, -0.1) is 11.3 Å². The molecule has 0 amide bonds. The van der Waals surface area contributed by atoms with E-state index in [-0.39, 0.29) is 5.41 Å². The molecule has 0 atom stereocenters. The summed E-state index contributed by atoms with van der Waals surface area (Å²) in [4.78, 5) is 24.6. The van der Waals surface area contributed by atoms with Gasteiger partial charge in [0.25, 0.3) is 0 Å². The van der Waals surface area contributed by atoms with Crippen molar-refractivity contribution in [3.05, 3.63) is 248 Å². The molecule has 4 aromatic heterocycles. The molecule has 0 aliphatic heterocycles. The molecule has 0 saturated heterocycles. The second-order valence-electron chi connectivity index (χ2n) is 19.7. The van der Waals surface area contributed by atoms with Gasteiger partial charge in [0.15, 0.2) is 17.5 Å². The van der Waals surface area contributed by atoms with E-state index in [4.69, 9.17) is 15.0 Å². The molecule has 4 heterocycles. The van der Waals surface area contributed by atoms with Crippen molar-refractivity contribution in [2.75, 3.05) is 0 Å². The summed E-state index contributed by atoms with van der Waals surface area (Å²) in [6.07, 6.45) is 7.51. The van der Waals surface area contributed by atoms with Gasteiger partial charge in [0, 0.05) is 78.2 Å². The van der Waals surface area contributed by atoms with Gasteiger partial charge < -0.3 is 0 Å². The number of thiophene rings is 1. The zero-order valence-corrected chi connectivity index (χ0v) is 41.5. The molecule has 0 unspecified atom stereocenters. The number of fused-ring (bicyclic) bond motifs is 7. The van der Waals surface area contributed by atoms with Gasteiger partial charge in [0.2, 0.25) is 0 Å². The third-order valence-electron chi connectivity index (χ3n) is 14.9. The molecule has 0 radical (unpaired) electrons. The Morgan fingerprint density at radius 1 is 0.311 bits per heavy atom. The molecule has 1 aliphatic carbocycles. The Kier molecular flexibility index (Phi) is 10.3. The predicted octanol–water partition coefficient (Wildman–Crippen LogP) is 17.8. The zero-order valence-electron chi connectivity index (χ0n) is 40.7. The van der Waals surface area contributed by atoms with Crippen LogP contribution in [-0.2, 0) is 5.41 Å². The van der Waals surface area contributed by atoms with Gasteiger partial charge in [-0.3, -0.25) is 9.97 Å². The lowest BCUT2D eigenvalue weighted by Crippen LogP contribution is -2.15. The van der Waals surface area contributed by atoms with Crippen molar-refractivity contribution in [2.24, 2.45) is 0 Å². The van der Waals surface area contributed by atoms with E-state index in [1.807, 2.05) is 48.3 Å². The molecule has 14 rings (SSSR count). The maximum Gasteiger partial charge on any atom is 0.164 e. The fourth-order valence-corrected chi connectivity index (χ4v) is 12.4. The van der Waals surface area contributed by atoms with E-state index in [9.17, 15) is 0 Å². The van der Waals surface area contributed by atoms with Crippen LogP contribution in [0.25, 0.3) is 132 Å². The fourth-order valence-electron chi connectivity index (χ4n) is 11.0. The molecule has 9 aromatic carbocycles. The summed E-state index contributed by atoms with van der Waals surface area (Å²) in [6, 6.07) is 76.3. The van der Waals surface area contributed by atoms with E-state index in [0.717, 1.165) is 55.6 Å². The number of hydrogen-bond donors (Lipinski definition) is 0. The third kappa shape index (κ3) is 7.49. The van der Waals surface area contributed by atoms with Crippen LogP contribution in [0.5, 0.6) is 0 Å². The summed E-state index contributed by atoms with van der Waals surface area (Å²) < 4.78 is 2.50. The van der Waals surface area contributed by atoms with Crippen LogP contribution in [0, 0.1) is 0 Å². The lowest BCUT2D eigenvalue weighted by Gasteiger charge is -2.21. The Hall–Kier alpha value is -9.23. The van der Waals surface area contributed by atoms with E-state index in [1.54, 1.807) is 0 Å². The minimum atomic E-state index is -0.164. The van der Waals surface area contributed by atoms with Crippen molar-refractivity contribution >= 4 is 42.3 Å². The highest BCUT2D eigenvalue weighted by molar-refractivity contribution is 7.26. The van der Waals surface area contributed by atoms with E-state index in [1.165, 1.54) is 69.9 Å². The molecule has 0 spiro atoms. The number of hydrogen-bond acceptors (Lipinski definition) is 6. The Morgan fingerprint density at radius 3 is 1.45 bits per heavy atom. The largest absolute Gasteiger partial charge is 0.264 e. The maximum atomic E-state index is 5.26. The first kappa shape index (κ1) is 43.5. The van der Waals surface area contributed by atoms with Gasteiger partial charge in [-0.25, -0.2) is 15.0 Å². The van der Waals surface area contributed by atoms with Crippen LogP contribution in [0.1, 0.15) is 25.0 Å². The zero-order chi connectivity index (χ0) is 49.3. The molecule has 0 fully saturated rings. The lowest BCUT2D eigenvalue weighted by atomic mass is 9.82. The van der Waals surface area contributed by atoms with Gasteiger partial charge in [-0.2, -0.15) is 0 Å². The summed E-state index contributed by atoms with van der Waals surface area (Å²) in [6.45, 7) is 4.62. The molecule has 1 aliphatic rings. The summed E-state index contributed by atoms with van der Waals surface area (Å²) >= 11 is 1.85. The van der Waals surface area contributed by atoms with Crippen LogP contribution in [0.3, 0.4) is 0 Å². The van der Waals surface area contributed by atoms with Crippen molar-refractivity contribution < 1.29 is 0 Å². The molecule has 0 saturated carbocycles. The van der Waals surface area contributed by atoms with Gasteiger partial charge >= 0.3 is 0 Å². The highest BCUT2D eigenvalue weighted by Gasteiger charge is 2.35. The highest BCUT2D eigenvalue weighted by atomic mass is 32.1. The summed E-state index contributed by atoms with van der Waals surface area (Å²) in [7, 11) is 0. The van der Waals surface area contributed by atoms with Gasteiger partial charge in [-0.05, 0) is 120 Å². The Balaban J connectivity index is 0.854. The van der Waals surface area contributed by atoms with Gasteiger partial charge in [0.05, 0.1) is 0 Å². The highest BCUT2D eigenvalue weighted by Crippen LogP contribution is 2.50. The van der Waals surface area contributed by atoms with Crippen molar-refractivity contribution in [3.8, 4) is 101 Å². The minimum Gasteiger partial charge on any atom is -0.264 e. The normalized spacial score (nSPS) is 12.6. The third-order valence-corrected chi connectivity index (χ3v) is 16.2. The van der Waals surface area contributed by atoms with Crippen molar-refractivity contribution in [3.63, 3.8) is 0 Å².